The summed E-state index contributed by atoms with van der Waals surface area (Å²) in [5.41, 5.74) is 2.97. The van der Waals surface area contributed by atoms with Crippen molar-refractivity contribution in [2.45, 2.75) is 31.7 Å². The number of thiophene rings is 1. The first-order chi connectivity index (χ1) is 22.1. The van der Waals surface area contributed by atoms with Crippen LogP contribution in [0.25, 0.3) is 10.2 Å². The quantitative estimate of drug-likeness (QED) is 0.227. The zero-order chi connectivity index (χ0) is 32.4. The summed E-state index contributed by atoms with van der Waals surface area (Å²) in [7, 11) is -3.35. The molecule has 238 valence electrons. The van der Waals surface area contributed by atoms with Crippen LogP contribution in [0.15, 0.2) is 72.9 Å². The van der Waals surface area contributed by atoms with Crippen LogP contribution >= 0.6 is 11.3 Å². The van der Waals surface area contributed by atoms with Crippen molar-refractivity contribution in [3.8, 4) is 11.5 Å². The minimum absolute atomic E-state index is 0.0173. The molecule has 2 aliphatic rings. The molecule has 13 heteroatoms. The number of carbonyl (C=O) groups excluding carboxylic acids is 3. The normalized spacial score (nSPS) is 18.0. The zero-order valence-corrected chi connectivity index (χ0v) is 26.9. The predicted molar refractivity (Wildman–Crippen MR) is 177 cm³/mol. The van der Waals surface area contributed by atoms with Crippen molar-refractivity contribution in [3.05, 3.63) is 94.5 Å². The largest absolute Gasteiger partial charge is 0.457 e. The van der Waals surface area contributed by atoms with E-state index in [9.17, 15) is 22.8 Å². The lowest BCUT2D eigenvalue weighted by atomic mass is 9.84. The number of benzene rings is 2. The van der Waals surface area contributed by atoms with Gasteiger partial charge in [0, 0.05) is 43.3 Å². The number of carbonyl (C=O) groups is 3. The number of hydrogen-bond acceptors (Lipinski definition) is 8. The molecule has 3 N–H and O–H groups in total. The molecule has 2 aromatic heterocycles. The third-order valence-electron chi connectivity index (χ3n) is 7.98. The number of aromatic nitrogens is 1. The molecule has 46 heavy (non-hydrogen) atoms. The van der Waals surface area contributed by atoms with Crippen LogP contribution in [0.2, 0.25) is 0 Å². The molecule has 1 saturated heterocycles. The molecule has 2 aliphatic heterocycles. The highest BCUT2D eigenvalue weighted by Crippen LogP contribution is 2.45. The molecule has 6 rings (SSSR count). The molecule has 2 atom stereocenters. The smallest absolute Gasteiger partial charge is 0.263 e. The van der Waals surface area contributed by atoms with Crippen molar-refractivity contribution in [1.29, 1.82) is 0 Å². The molecule has 4 heterocycles. The van der Waals surface area contributed by atoms with Crippen LogP contribution in [0.4, 0.5) is 5.69 Å². The standard InChI is InChI=1S/C33H33N5O6S2/c1-20-18-23(44-22-9-4-3-5-10-22)12-13-24(20)27-25-14-16-34-33-28(25)29(37-31(27)40)30(45-33)32(41)36-21-8-7-17-38(19-21)26(39)11-6-15-35-46(2,42)43/h3-6,9-14,16,18,21,27,35H,7-8,15,17,19H2,1-2H3,(H,36,41)(H,37,40)/b11-6+/t21-,27?/m1/s1. The molecule has 11 nitrogen and oxygen atoms in total. The van der Waals surface area contributed by atoms with Gasteiger partial charge in [0.05, 0.1) is 17.9 Å². The average Bonchev–Trinajstić information content (AvgIpc) is 3.39. The third kappa shape index (κ3) is 6.81. The van der Waals surface area contributed by atoms with E-state index in [0.29, 0.717) is 47.1 Å². The Morgan fingerprint density at radius 1 is 1.13 bits per heavy atom. The van der Waals surface area contributed by atoms with E-state index in [1.807, 2.05) is 61.5 Å². The maximum Gasteiger partial charge on any atom is 0.263 e. The highest BCUT2D eigenvalue weighted by atomic mass is 32.2. The molecular formula is C33H33N5O6S2. The van der Waals surface area contributed by atoms with E-state index in [1.54, 1.807) is 11.1 Å². The third-order valence-corrected chi connectivity index (χ3v) is 9.76. The molecule has 0 bridgehead atoms. The van der Waals surface area contributed by atoms with Gasteiger partial charge in [0.25, 0.3) is 5.91 Å². The molecule has 4 aromatic rings. The second-order valence-electron chi connectivity index (χ2n) is 11.4. The first kappa shape index (κ1) is 31.4. The van der Waals surface area contributed by atoms with Gasteiger partial charge in [-0.3, -0.25) is 14.4 Å². The fourth-order valence-electron chi connectivity index (χ4n) is 5.88. The fraction of sp³-hybridized carbons (Fsp3) is 0.273. The Bertz CT molecular complexity index is 1960. The van der Waals surface area contributed by atoms with Gasteiger partial charge < -0.3 is 20.3 Å². The second-order valence-corrected chi connectivity index (χ2v) is 14.2. The van der Waals surface area contributed by atoms with E-state index < -0.39 is 15.9 Å². The Hall–Kier alpha value is -4.59. The Morgan fingerprint density at radius 3 is 2.70 bits per heavy atom. The van der Waals surface area contributed by atoms with Gasteiger partial charge in [0.1, 0.15) is 21.2 Å². The Kier molecular flexibility index (Phi) is 8.89. The van der Waals surface area contributed by atoms with Crippen LogP contribution in [0.1, 0.15) is 45.1 Å². The van der Waals surface area contributed by atoms with Gasteiger partial charge in [-0.2, -0.15) is 0 Å². The number of pyridine rings is 1. The molecule has 1 unspecified atom stereocenters. The van der Waals surface area contributed by atoms with Crippen molar-refractivity contribution in [1.82, 2.24) is 19.9 Å². The van der Waals surface area contributed by atoms with Crippen molar-refractivity contribution in [2.75, 3.05) is 31.2 Å². The number of sulfonamides is 1. The van der Waals surface area contributed by atoms with E-state index in [4.69, 9.17) is 4.74 Å². The highest BCUT2D eigenvalue weighted by Gasteiger charge is 2.36. The Morgan fingerprint density at radius 2 is 1.93 bits per heavy atom. The van der Waals surface area contributed by atoms with E-state index in [0.717, 1.165) is 34.1 Å². The van der Waals surface area contributed by atoms with Crippen LogP contribution in [0, 0.1) is 6.92 Å². The van der Waals surface area contributed by atoms with Crippen LogP contribution in [-0.2, 0) is 19.6 Å². The number of ether oxygens (including phenoxy) is 1. The fourth-order valence-corrected chi connectivity index (χ4v) is 7.32. The first-order valence-corrected chi connectivity index (χ1v) is 17.5. The Balaban J connectivity index is 1.19. The van der Waals surface area contributed by atoms with Gasteiger partial charge in [-0.1, -0.05) is 30.3 Å². The topological polar surface area (TPSA) is 147 Å². The number of likely N-dealkylation sites (tertiary alicyclic amines) is 1. The summed E-state index contributed by atoms with van der Waals surface area (Å²) in [4.78, 5) is 47.1. The molecule has 0 saturated carbocycles. The molecule has 3 amide bonds. The van der Waals surface area contributed by atoms with Crippen molar-refractivity contribution < 1.29 is 27.5 Å². The van der Waals surface area contributed by atoms with Crippen LogP contribution in [0.3, 0.4) is 0 Å². The lowest BCUT2D eigenvalue weighted by Gasteiger charge is -2.32. The molecule has 0 aliphatic carbocycles. The summed E-state index contributed by atoms with van der Waals surface area (Å²) in [6.45, 7) is 2.81. The van der Waals surface area contributed by atoms with E-state index in [-0.39, 0.29) is 30.3 Å². The van der Waals surface area contributed by atoms with Gasteiger partial charge in [0.15, 0.2) is 0 Å². The number of aryl methyl sites for hydroxylation is 1. The van der Waals surface area contributed by atoms with Crippen LogP contribution in [-0.4, -0.2) is 68.0 Å². The summed E-state index contributed by atoms with van der Waals surface area (Å²) in [6.07, 6.45) is 6.90. The monoisotopic (exact) mass is 659 g/mol. The average molecular weight is 660 g/mol. The molecule has 1 fully saturated rings. The van der Waals surface area contributed by atoms with Crippen LogP contribution < -0.4 is 20.1 Å². The lowest BCUT2D eigenvalue weighted by Crippen LogP contribution is -2.49. The molecule has 2 aromatic carbocycles. The zero-order valence-electron chi connectivity index (χ0n) is 25.3. The second kappa shape index (κ2) is 13.0. The maximum atomic E-state index is 13.7. The Labute approximate surface area is 270 Å². The number of rotatable bonds is 9. The summed E-state index contributed by atoms with van der Waals surface area (Å²) >= 11 is 1.22. The van der Waals surface area contributed by atoms with Crippen molar-refractivity contribution in [2.24, 2.45) is 0 Å². The summed E-state index contributed by atoms with van der Waals surface area (Å²) in [5.74, 6) is -0.0336. The number of nitrogens with zero attached hydrogens (tertiary/aromatic N) is 2. The molecule has 0 radical (unpaired) electrons. The highest BCUT2D eigenvalue weighted by molar-refractivity contribution is 7.88. The van der Waals surface area contributed by atoms with Gasteiger partial charge in [-0.05, 0) is 66.8 Å². The number of piperidine rings is 1. The van der Waals surface area contributed by atoms with Crippen molar-refractivity contribution >= 4 is 55.0 Å². The SMILES string of the molecule is Cc1cc(Oc2ccccc2)ccc1C1C(=O)Nc2c(C(=O)N[C@@H]3CCCN(C(=O)/C=C/CNS(C)(=O)=O)C3)sc3nccc1c23. The van der Waals surface area contributed by atoms with Gasteiger partial charge in [-0.25, -0.2) is 18.1 Å². The number of anilines is 1. The first-order valence-electron chi connectivity index (χ1n) is 14.8. The number of nitrogens with one attached hydrogen (secondary N) is 3. The number of amides is 3. The van der Waals surface area contributed by atoms with E-state index >= 15 is 0 Å². The number of para-hydroxylation sites is 1. The minimum atomic E-state index is -3.35. The van der Waals surface area contributed by atoms with Crippen molar-refractivity contribution in [3.63, 3.8) is 0 Å². The number of hydrogen-bond donors (Lipinski definition) is 3. The lowest BCUT2D eigenvalue weighted by molar-refractivity contribution is -0.127. The maximum absolute atomic E-state index is 13.7. The van der Waals surface area contributed by atoms with E-state index in [1.165, 1.54) is 23.5 Å². The predicted octanol–water partition coefficient (Wildman–Crippen LogP) is 4.31. The summed E-state index contributed by atoms with van der Waals surface area (Å²) in [6, 6.07) is 16.7. The van der Waals surface area contributed by atoms with Crippen LogP contribution in [0.5, 0.6) is 11.5 Å². The molecular weight excluding hydrogens is 627 g/mol. The molecule has 0 spiro atoms. The van der Waals surface area contributed by atoms with Gasteiger partial charge in [0.2, 0.25) is 21.8 Å². The summed E-state index contributed by atoms with van der Waals surface area (Å²) < 4.78 is 30.8. The van der Waals surface area contributed by atoms with Gasteiger partial charge in [-0.15, -0.1) is 11.3 Å². The van der Waals surface area contributed by atoms with Gasteiger partial charge >= 0.3 is 0 Å². The van der Waals surface area contributed by atoms with E-state index in [2.05, 4.69) is 20.3 Å². The minimum Gasteiger partial charge on any atom is -0.457 e. The summed E-state index contributed by atoms with van der Waals surface area (Å²) in [5, 5.41) is 6.80.